The quantitative estimate of drug-likeness (QED) is 0.357. The molecule has 132 valence electrons. The molecule has 0 fully saturated rings. The average molecular weight is 354 g/mol. The number of H-pyrrole nitrogens is 1. The van der Waals surface area contributed by atoms with Crippen molar-refractivity contribution >= 4 is 22.7 Å². The fourth-order valence-corrected chi connectivity index (χ4v) is 3.36. The van der Waals surface area contributed by atoms with E-state index in [-0.39, 0.29) is 16.5 Å². The number of allylic oxidation sites excluding steroid dienone is 1. The van der Waals surface area contributed by atoms with Crippen molar-refractivity contribution in [3.63, 3.8) is 0 Å². The van der Waals surface area contributed by atoms with Crippen LogP contribution in [0.15, 0.2) is 91.1 Å². The van der Waals surface area contributed by atoms with Gasteiger partial charge in [0.15, 0.2) is 0 Å². The number of nitro benzene ring substituents is 1. The zero-order valence-corrected chi connectivity index (χ0v) is 14.6. The Kier molecular flexibility index (Phi) is 4.54. The third-order valence-corrected chi connectivity index (χ3v) is 4.68. The van der Waals surface area contributed by atoms with Crippen molar-refractivity contribution in [2.45, 2.75) is 5.92 Å². The first kappa shape index (κ1) is 16.8. The Balaban J connectivity index is 1.78. The van der Waals surface area contributed by atoms with E-state index in [1.807, 2.05) is 48.7 Å². The molecule has 1 heterocycles. The predicted molar refractivity (Wildman–Crippen MR) is 109 cm³/mol. The van der Waals surface area contributed by atoms with Crippen molar-refractivity contribution < 1.29 is 4.92 Å². The Hall–Kier alpha value is -3.66. The molecular formula is C23H18N2O2. The summed E-state index contributed by atoms with van der Waals surface area (Å²) in [5, 5.41) is 12.2. The van der Waals surface area contributed by atoms with Gasteiger partial charge in [0.1, 0.15) is 0 Å². The number of benzene rings is 3. The molecule has 1 atom stereocenters. The van der Waals surface area contributed by atoms with Gasteiger partial charge in [-0.25, -0.2) is 0 Å². The first-order chi connectivity index (χ1) is 13.2. The first-order valence-electron chi connectivity index (χ1n) is 8.76. The zero-order chi connectivity index (χ0) is 18.6. The van der Waals surface area contributed by atoms with E-state index in [0.29, 0.717) is 0 Å². The molecule has 0 aliphatic carbocycles. The lowest BCUT2D eigenvalue weighted by molar-refractivity contribution is -0.384. The maximum Gasteiger partial charge on any atom is 0.270 e. The second kappa shape index (κ2) is 7.30. The molecule has 0 aliphatic heterocycles. The second-order valence-corrected chi connectivity index (χ2v) is 6.39. The smallest absolute Gasteiger partial charge is 0.270 e. The highest BCUT2D eigenvalue weighted by atomic mass is 16.6. The summed E-state index contributed by atoms with van der Waals surface area (Å²) in [7, 11) is 0. The molecule has 0 saturated heterocycles. The molecule has 1 aromatic heterocycles. The molecule has 3 aromatic carbocycles. The number of aromatic nitrogens is 1. The maximum absolute atomic E-state index is 11.0. The number of non-ortho nitro benzene ring substituents is 1. The maximum atomic E-state index is 11.0. The number of nitrogens with zero attached hydrogens (tertiary/aromatic N) is 1. The average Bonchev–Trinajstić information content (AvgIpc) is 3.13. The topological polar surface area (TPSA) is 58.9 Å². The van der Waals surface area contributed by atoms with Crippen LogP contribution in [-0.2, 0) is 0 Å². The summed E-state index contributed by atoms with van der Waals surface area (Å²) < 4.78 is 0. The van der Waals surface area contributed by atoms with Gasteiger partial charge in [0.2, 0.25) is 0 Å². The number of nitro groups is 1. The van der Waals surface area contributed by atoms with Gasteiger partial charge in [0, 0.05) is 35.2 Å². The Labute approximate surface area is 156 Å². The normalized spacial score (nSPS) is 12.4. The Morgan fingerprint density at radius 3 is 2.52 bits per heavy atom. The molecule has 4 heteroatoms. The summed E-state index contributed by atoms with van der Waals surface area (Å²) in [6, 6.07) is 25.2. The van der Waals surface area contributed by atoms with Gasteiger partial charge in [0.25, 0.3) is 5.69 Å². The van der Waals surface area contributed by atoms with Gasteiger partial charge >= 0.3 is 0 Å². The Morgan fingerprint density at radius 2 is 1.70 bits per heavy atom. The molecule has 0 saturated carbocycles. The van der Waals surface area contributed by atoms with Crippen molar-refractivity contribution in [3.05, 3.63) is 118 Å². The van der Waals surface area contributed by atoms with Crippen LogP contribution in [-0.4, -0.2) is 9.91 Å². The van der Waals surface area contributed by atoms with Crippen LogP contribution >= 0.6 is 0 Å². The van der Waals surface area contributed by atoms with Crippen molar-refractivity contribution in [3.8, 4) is 0 Å². The third-order valence-electron chi connectivity index (χ3n) is 4.68. The Morgan fingerprint density at radius 1 is 0.926 bits per heavy atom. The van der Waals surface area contributed by atoms with Gasteiger partial charge in [-0.2, -0.15) is 0 Å². The number of para-hydroxylation sites is 1. The highest BCUT2D eigenvalue weighted by Gasteiger charge is 2.15. The van der Waals surface area contributed by atoms with Gasteiger partial charge in [-0.05, 0) is 22.8 Å². The zero-order valence-electron chi connectivity index (χ0n) is 14.6. The molecule has 0 spiro atoms. The van der Waals surface area contributed by atoms with Crippen LogP contribution in [0.25, 0.3) is 17.0 Å². The van der Waals surface area contributed by atoms with E-state index < -0.39 is 0 Å². The van der Waals surface area contributed by atoms with E-state index in [1.165, 1.54) is 22.6 Å². The minimum absolute atomic E-state index is 0.0432. The molecule has 0 bridgehead atoms. The lowest BCUT2D eigenvalue weighted by Crippen LogP contribution is -1.97. The summed E-state index contributed by atoms with van der Waals surface area (Å²) in [5.74, 6) is 0.0432. The number of aromatic amines is 1. The van der Waals surface area contributed by atoms with Crippen LogP contribution in [0.5, 0.6) is 0 Å². The van der Waals surface area contributed by atoms with E-state index in [9.17, 15) is 10.1 Å². The van der Waals surface area contributed by atoms with E-state index >= 15 is 0 Å². The number of nitrogens with one attached hydrogen (secondary N) is 1. The van der Waals surface area contributed by atoms with Gasteiger partial charge in [0.05, 0.1) is 4.92 Å². The minimum atomic E-state index is -0.369. The fraction of sp³-hybridized carbons (Fsp3) is 0.0435. The van der Waals surface area contributed by atoms with Gasteiger partial charge in [-0.1, -0.05) is 72.8 Å². The number of fused-ring (bicyclic) bond motifs is 1. The van der Waals surface area contributed by atoms with Crippen LogP contribution < -0.4 is 0 Å². The van der Waals surface area contributed by atoms with Crippen molar-refractivity contribution in [2.24, 2.45) is 0 Å². The first-order valence-corrected chi connectivity index (χ1v) is 8.76. The molecular weight excluding hydrogens is 336 g/mol. The molecule has 27 heavy (non-hydrogen) atoms. The van der Waals surface area contributed by atoms with Gasteiger partial charge in [-0.15, -0.1) is 0 Å². The largest absolute Gasteiger partial charge is 0.361 e. The van der Waals surface area contributed by atoms with Crippen LogP contribution in [0.2, 0.25) is 0 Å². The standard InChI is InChI=1S/C23H18N2O2/c26-25(27)19-10-6-7-17(15-19)13-14-20(18-8-2-1-3-9-18)22-16-24-23-12-5-4-11-21(22)23/h1-16,20,24H/b14-13+. The van der Waals surface area contributed by atoms with E-state index in [1.54, 1.807) is 12.1 Å². The highest BCUT2D eigenvalue weighted by Crippen LogP contribution is 2.32. The molecule has 4 aromatic rings. The summed E-state index contributed by atoms with van der Waals surface area (Å²) in [5.41, 5.74) is 4.35. The third kappa shape index (κ3) is 3.51. The molecule has 0 amide bonds. The van der Waals surface area contributed by atoms with Crippen molar-refractivity contribution in [2.75, 3.05) is 0 Å². The summed E-state index contributed by atoms with van der Waals surface area (Å²) in [4.78, 5) is 14.0. The SMILES string of the molecule is O=[N+]([O-])c1cccc(/C=C/C(c2ccccc2)c2c[nH]c3ccccc23)c1. The van der Waals surface area contributed by atoms with Crippen LogP contribution in [0, 0.1) is 10.1 Å². The van der Waals surface area contributed by atoms with Crippen LogP contribution in [0.1, 0.15) is 22.6 Å². The fourth-order valence-electron chi connectivity index (χ4n) is 3.36. The van der Waals surface area contributed by atoms with Gasteiger partial charge in [-0.3, -0.25) is 10.1 Å². The number of rotatable bonds is 5. The molecule has 1 unspecified atom stereocenters. The Bertz CT molecular complexity index is 1110. The monoisotopic (exact) mass is 354 g/mol. The van der Waals surface area contributed by atoms with E-state index in [2.05, 4.69) is 35.3 Å². The van der Waals surface area contributed by atoms with E-state index in [0.717, 1.165) is 11.1 Å². The van der Waals surface area contributed by atoms with Crippen molar-refractivity contribution in [1.82, 2.24) is 4.98 Å². The second-order valence-electron chi connectivity index (χ2n) is 6.39. The minimum Gasteiger partial charge on any atom is -0.361 e. The van der Waals surface area contributed by atoms with Crippen molar-refractivity contribution in [1.29, 1.82) is 0 Å². The number of hydrogen-bond acceptors (Lipinski definition) is 2. The molecule has 4 nitrogen and oxygen atoms in total. The molecule has 4 rings (SSSR count). The molecule has 0 radical (unpaired) electrons. The summed E-state index contributed by atoms with van der Waals surface area (Å²) in [6.07, 6.45) is 6.09. The molecule has 1 N–H and O–H groups in total. The van der Waals surface area contributed by atoms with Gasteiger partial charge < -0.3 is 4.98 Å². The van der Waals surface area contributed by atoms with Crippen LogP contribution in [0.4, 0.5) is 5.69 Å². The highest BCUT2D eigenvalue weighted by molar-refractivity contribution is 5.84. The summed E-state index contributed by atoms with van der Waals surface area (Å²) >= 11 is 0. The number of hydrogen-bond donors (Lipinski definition) is 1. The lowest BCUT2D eigenvalue weighted by Gasteiger charge is -2.13. The van der Waals surface area contributed by atoms with E-state index in [4.69, 9.17) is 0 Å². The summed E-state index contributed by atoms with van der Waals surface area (Å²) in [6.45, 7) is 0. The molecule has 0 aliphatic rings. The predicted octanol–water partition coefficient (Wildman–Crippen LogP) is 5.92. The van der Waals surface area contributed by atoms with Crippen LogP contribution in [0.3, 0.4) is 0 Å². The lowest BCUT2D eigenvalue weighted by atomic mass is 9.90.